The molecule has 2 aromatic rings. The van der Waals surface area contributed by atoms with Crippen molar-refractivity contribution in [3.8, 4) is 11.5 Å². The number of likely N-dealkylation sites (N-methyl/N-ethyl adjacent to an activating group) is 1. The molecule has 2 amide bonds. The van der Waals surface area contributed by atoms with Gasteiger partial charge in [-0.05, 0) is 17.7 Å². The van der Waals surface area contributed by atoms with Crippen molar-refractivity contribution in [1.29, 1.82) is 0 Å². The second-order valence-corrected chi connectivity index (χ2v) is 6.07. The number of amides is 2. The number of aromatic hydroxyl groups is 2. The van der Waals surface area contributed by atoms with Crippen LogP contribution in [0.5, 0.6) is 11.5 Å². The first-order chi connectivity index (χ1) is 11.9. The number of nitrogens with one attached hydrogen (secondary N) is 1. The zero-order chi connectivity index (χ0) is 18.4. The van der Waals surface area contributed by atoms with E-state index in [9.17, 15) is 19.8 Å². The van der Waals surface area contributed by atoms with Crippen LogP contribution in [0.1, 0.15) is 5.56 Å². The Balaban J connectivity index is 2.23. The molecule has 3 N–H and O–H groups in total. The van der Waals surface area contributed by atoms with Gasteiger partial charge in [0.1, 0.15) is 6.04 Å². The number of anilines is 1. The van der Waals surface area contributed by atoms with Crippen molar-refractivity contribution in [1.82, 2.24) is 5.32 Å². The average molecular weight is 407 g/mol. The van der Waals surface area contributed by atoms with Gasteiger partial charge < -0.3 is 20.4 Å². The van der Waals surface area contributed by atoms with Crippen molar-refractivity contribution in [3.05, 3.63) is 54.1 Å². The van der Waals surface area contributed by atoms with E-state index in [0.717, 1.165) is 5.56 Å². The first-order valence-corrected chi connectivity index (χ1v) is 8.73. The van der Waals surface area contributed by atoms with Gasteiger partial charge in [0.25, 0.3) is 0 Å². The number of benzene rings is 2. The molecule has 0 aliphatic rings. The van der Waals surface area contributed by atoms with Crippen molar-refractivity contribution < 1.29 is 19.8 Å². The van der Waals surface area contributed by atoms with E-state index in [1.165, 1.54) is 23.1 Å². The lowest BCUT2D eigenvalue weighted by Crippen LogP contribution is -2.49. The Labute approximate surface area is 154 Å². The molecule has 7 heteroatoms. The van der Waals surface area contributed by atoms with E-state index in [1.807, 2.05) is 30.3 Å². The lowest BCUT2D eigenvalue weighted by atomic mass is 10.0. The van der Waals surface area contributed by atoms with Gasteiger partial charge in [-0.3, -0.25) is 9.59 Å². The maximum atomic E-state index is 12.8. The topological polar surface area (TPSA) is 89.9 Å². The number of carbonyl (C=O) groups excluding carboxylic acids is 2. The highest BCUT2D eigenvalue weighted by Crippen LogP contribution is 2.29. The van der Waals surface area contributed by atoms with E-state index in [1.54, 1.807) is 7.05 Å². The van der Waals surface area contributed by atoms with Crippen LogP contribution in [0.15, 0.2) is 48.5 Å². The van der Waals surface area contributed by atoms with Gasteiger partial charge in [0.2, 0.25) is 11.8 Å². The van der Waals surface area contributed by atoms with E-state index in [4.69, 9.17) is 0 Å². The van der Waals surface area contributed by atoms with Crippen LogP contribution in [-0.4, -0.2) is 40.4 Å². The van der Waals surface area contributed by atoms with Crippen LogP contribution in [0.3, 0.4) is 0 Å². The molecule has 2 rings (SSSR count). The summed E-state index contributed by atoms with van der Waals surface area (Å²) in [6, 6.07) is 12.7. The maximum absolute atomic E-state index is 12.8. The SMILES string of the molecule is CN(C(=O)[C@H](Cc1ccccc1)NC(=O)CBr)c1ccc(O)c(O)c1. The third-order valence-corrected chi connectivity index (χ3v) is 4.22. The number of nitrogens with zero attached hydrogens (tertiary/aromatic N) is 1. The van der Waals surface area contributed by atoms with E-state index in [-0.39, 0.29) is 28.6 Å². The number of hydrogen-bond donors (Lipinski definition) is 3. The highest BCUT2D eigenvalue weighted by molar-refractivity contribution is 9.09. The van der Waals surface area contributed by atoms with Gasteiger partial charge in [0.05, 0.1) is 5.33 Å². The van der Waals surface area contributed by atoms with Crippen LogP contribution in [0.2, 0.25) is 0 Å². The fourth-order valence-electron chi connectivity index (χ4n) is 2.36. The number of halogens is 1. The molecular weight excluding hydrogens is 388 g/mol. The molecule has 132 valence electrons. The number of rotatable bonds is 6. The smallest absolute Gasteiger partial charge is 0.249 e. The highest BCUT2D eigenvalue weighted by Gasteiger charge is 2.25. The minimum Gasteiger partial charge on any atom is -0.504 e. The first-order valence-electron chi connectivity index (χ1n) is 7.61. The van der Waals surface area contributed by atoms with E-state index in [0.29, 0.717) is 12.1 Å². The van der Waals surface area contributed by atoms with Gasteiger partial charge in [-0.2, -0.15) is 0 Å². The fourth-order valence-corrected chi connectivity index (χ4v) is 2.53. The molecule has 0 aliphatic carbocycles. The summed E-state index contributed by atoms with van der Waals surface area (Å²) in [6.45, 7) is 0. The molecule has 0 radical (unpaired) electrons. The lowest BCUT2D eigenvalue weighted by molar-refractivity contribution is -0.126. The summed E-state index contributed by atoms with van der Waals surface area (Å²) in [5, 5.41) is 21.8. The van der Waals surface area contributed by atoms with E-state index < -0.39 is 6.04 Å². The number of phenolic OH excluding ortho intramolecular Hbond substituents is 2. The molecular formula is C18H19BrN2O4. The summed E-state index contributed by atoms with van der Waals surface area (Å²) in [6.07, 6.45) is 0.340. The summed E-state index contributed by atoms with van der Waals surface area (Å²) < 4.78 is 0. The molecule has 0 fully saturated rings. The molecule has 2 aromatic carbocycles. The molecule has 0 bridgehead atoms. The van der Waals surface area contributed by atoms with Gasteiger partial charge in [0.15, 0.2) is 11.5 Å². The molecule has 0 saturated heterocycles. The molecule has 6 nitrogen and oxygen atoms in total. The number of carbonyl (C=O) groups is 2. The molecule has 25 heavy (non-hydrogen) atoms. The average Bonchev–Trinajstić information content (AvgIpc) is 2.63. The molecule has 0 aliphatic heterocycles. The normalized spacial score (nSPS) is 11.6. The molecule has 0 saturated carbocycles. The van der Waals surface area contributed by atoms with Gasteiger partial charge in [-0.1, -0.05) is 46.3 Å². The Morgan fingerprint density at radius 2 is 1.80 bits per heavy atom. The second-order valence-electron chi connectivity index (χ2n) is 5.51. The van der Waals surface area contributed by atoms with Crippen molar-refractivity contribution in [2.75, 3.05) is 17.3 Å². The predicted molar refractivity (Wildman–Crippen MR) is 99.1 cm³/mol. The molecule has 0 heterocycles. The van der Waals surface area contributed by atoms with Crippen molar-refractivity contribution >= 4 is 33.4 Å². The Morgan fingerprint density at radius 3 is 2.40 bits per heavy atom. The summed E-state index contributed by atoms with van der Waals surface area (Å²) in [7, 11) is 1.55. The fraction of sp³-hybridized carbons (Fsp3) is 0.222. The van der Waals surface area contributed by atoms with Crippen LogP contribution in [0.4, 0.5) is 5.69 Å². The monoisotopic (exact) mass is 406 g/mol. The Morgan fingerprint density at radius 1 is 1.12 bits per heavy atom. The zero-order valence-corrected chi connectivity index (χ0v) is 15.2. The number of hydrogen-bond acceptors (Lipinski definition) is 4. The van der Waals surface area contributed by atoms with Gasteiger partial charge in [0, 0.05) is 25.2 Å². The second kappa shape index (κ2) is 8.53. The molecule has 0 unspecified atom stereocenters. The standard InChI is InChI=1S/C18H19BrN2O4/c1-21(13-7-8-15(22)16(23)10-13)18(25)14(20-17(24)11-19)9-12-5-3-2-4-6-12/h2-8,10,14,22-23H,9,11H2,1H3,(H,20,24)/t14-/m0/s1. The zero-order valence-electron chi connectivity index (χ0n) is 13.6. The van der Waals surface area contributed by atoms with Gasteiger partial charge in [-0.25, -0.2) is 0 Å². The molecule has 0 spiro atoms. The molecule has 1 atom stereocenters. The van der Waals surface area contributed by atoms with E-state index in [2.05, 4.69) is 21.2 Å². The van der Waals surface area contributed by atoms with Crippen molar-refractivity contribution in [3.63, 3.8) is 0 Å². The Bertz CT molecular complexity index is 752. The van der Waals surface area contributed by atoms with Crippen molar-refractivity contribution in [2.45, 2.75) is 12.5 Å². The highest BCUT2D eigenvalue weighted by atomic mass is 79.9. The largest absolute Gasteiger partial charge is 0.504 e. The lowest BCUT2D eigenvalue weighted by Gasteiger charge is -2.25. The van der Waals surface area contributed by atoms with Crippen LogP contribution in [0.25, 0.3) is 0 Å². The third kappa shape index (κ3) is 4.96. The van der Waals surface area contributed by atoms with Crippen LogP contribution >= 0.6 is 15.9 Å². The maximum Gasteiger partial charge on any atom is 0.249 e. The summed E-state index contributed by atoms with van der Waals surface area (Å²) >= 11 is 3.08. The minimum absolute atomic E-state index is 0.0925. The quantitative estimate of drug-likeness (QED) is 0.506. The third-order valence-electron chi connectivity index (χ3n) is 3.71. The summed E-state index contributed by atoms with van der Waals surface area (Å²) in [4.78, 5) is 26.0. The summed E-state index contributed by atoms with van der Waals surface area (Å²) in [5.74, 6) is -1.21. The first kappa shape index (κ1) is 18.8. The Hall–Kier alpha value is -2.54. The van der Waals surface area contributed by atoms with Crippen molar-refractivity contribution in [2.24, 2.45) is 0 Å². The van der Waals surface area contributed by atoms with Gasteiger partial charge >= 0.3 is 0 Å². The van der Waals surface area contributed by atoms with Gasteiger partial charge in [-0.15, -0.1) is 0 Å². The van der Waals surface area contributed by atoms with Crippen LogP contribution in [-0.2, 0) is 16.0 Å². The van der Waals surface area contributed by atoms with Crippen LogP contribution in [0, 0.1) is 0 Å². The predicted octanol–water partition coefficient (Wildman–Crippen LogP) is 2.18. The summed E-state index contributed by atoms with van der Waals surface area (Å²) in [5.41, 5.74) is 1.32. The number of phenols is 2. The van der Waals surface area contributed by atoms with Crippen LogP contribution < -0.4 is 10.2 Å². The van der Waals surface area contributed by atoms with E-state index >= 15 is 0 Å². The minimum atomic E-state index is -0.756. The number of alkyl halides is 1. The molecule has 0 aromatic heterocycles. The Kier molecular flexibility index (Phi) is 6.41.